The summed E-state index contributed by atoms with van der Waals surface area (Å²) in [4.78, 5) is 36.2. The van der Waals surface area contributed by atoms with Gasteiger partial charge in [0.1, 0.15) is 12.4 Å². The maximum atomic E-state index is 13.6. The third-order valence-electron chi connectivity index (χ3n) is 5.68. The lowest BCUT2D eigenvalue weighted by molar-refractivity contribution is -0.119. The SMILES string of the molecule is Cc1nc2ccccc2c(=O)n1CC(=O)N(c1ccc2[nH]ccc2c1)C(C)CC(C)C. The normalized spacial score (nSPS) is 12.5. The molecule has 31 heavy (non-hydrogen) atoms. The van der Waals surface area contributed by atoms with Crippen LogP contribution in [0.1, 0.15) is 33.0 Å². The molecule has 0 aliphatic rings. The molecule has 4 rings (SSSR count). The fourth-order valence-corrected chi connectivity index (χ4v) is 4.30. The molecule has 0 spiro atoms. The fourth-order valence-electron chi connectivity index (χ4n) is 4.30. The van der Waals surface area contributed by atoms with Crippen LogP contribution in [0.15, 0.2) is 59.5 Å². The van der Waals surface area contributed by atoms with Crippen LogP contribution >= 0.6 is 0 Å². The molecule has 0 saturated heterocycles. The van der Waals surface area contributed by atoms with Crippen molar-refractivity contribution in [1.82, 2.24) is 14.5 Å². The van der Waals surface area contributed by atoms with Gasteiger partial charge in [0.2, 0.25) is 5.91 Å². The maximum Gasteiger partial charge on any atom is 0.261 e. The Hall–Kier alpha value is -3.41. The van der Waals surface area contributed by atoms with Gasteiger partial charge in [0.15, 0.2) is 0 Å². The van der Waals surface area contributed by atoms with Crippen molar-refractivity contribution in [3.05, 3.63) is 70.9 Å². The van der Waals surface area contributed by atoms with Crippen LogP contribution in [0.2, 0.25) is 0 Å². The molecular weight excluding hydrogens is 388 g/mol. The van der Waals surface area contributed by atoms with Gasteiger partial charge < -0.3 is 9.88 Å². The second-order valence-corrected chi connectivity index (χ2v) is 8.56. The Kier molecular flexibility index (Phi) is 5.63. The number of carbonyl (C=O) groups excluding carboxylic acids is 1. The molecule has 1 N–H and O–H groups in total. The van der Waals surface area contributed by atoms with E-state index in [1.54, 1.807) is 13.0 Å². The number of aryl methyl sites for hydroxylation is 1. The molecule has 0 bridgehead atoms. The third-order valence-corrected chi connectivity index (χ3v) is 5.68. The highest BCUT2D eigenvalue weighted by molar-refractivity contribution is 5.96. The average molecular weight is 417 g/mol. The monoisotopic (exact) mass is 416 g/mol. The number of aromatic amines is 1. The quantitative estimate of drug-likeness (QED) is 0.497. The summed E-state index contributed by atoms with van der Waals surface area (Å²) in [5.41, 5.74) is 2.33. The number of benzene rings is 2. The maximum absolute atomic E-state index is 13.6. The number of para-hydroxylation sites is 1. The molecular formula is C25H28N4O2. The number of aromatic nitrogens is 3. The summed E-state index contributed by atoms with van der Waals surface area (Å²) in [6.45, 7) is 8.09. The Labute approximate surface area is 181 Å². The van der Waals surface area contributed by atoms with E-state index in [4.69, 9.17) is 0 Å². The summed E-state index contributed by atoms with van der Waals surface area (Å²) < 4.78 is 1.48. The number of hydrogen-bond donors (Lipinski definition) is 1. The molecule has 0 fully saturated rings. The molecule has 0 aliphatic carbocycles. The molecule has 2 heterocycles. The van der Waals surface area contributed by atoms with E-state index in [2.05, 4.69) is 30.7 Å². The van der Waals surface area contributed by atoms with E-state index in [-0.39, 0.29) is 24.1 Å². The minimum atomic E-state index is -0.186. The van der Waals surface area contributed by atoms with Gasteiger partial charge in [-0.25, -0.2) is 4.98 Å². The van der Waals surface area contributed by atoms with Crippen LogP contribution in [0.25, 0.3) is 21.8 Å². The van der Waals surface area contributed by atoms with Crippen molar-refractivity contribution in [2.45, 2.75) is 46.7 Å². The standard InChI is InChI=1S/C25H28N4O2/c1-16(2)13-17(3)29(20-9-10-22-19(14-20)11-12-26-22)24(30)15-28-18(4)27-23-8-6-5-7-21(23)25(28)31/h5-12,14,16-17,26H,13,15H2,1-4H3. The molecule has 1 atom stereocenters. The van der Waals surface area contributed by atoms with Gasteiger partial charge in [-0.1, -0.05) is 26.0 Å². The van der Waals surface area contributed by atoms with Gasteiger partial charge >= 0.3 is 0 Å². The zero-order valence-corrected chi connectivity index (χ0v) is 18.4. The lowest BCUT2D eigenvalue weighted by Crippen LogP contribution is -2.43. The summed E-state index contributed by atoms with van der Waals surface area (Å²) in [5, 5.41) is 1.57. The van der Waals surface area contributed by atoms with Crippen LogP contribution in [0.3, 0.4) is 0 Å². The van der Waals surface area contributed by atoms with E-state index in [1.165, 1.54) is 4.57 Å². The van der Waals surface area contributed by atoms with E-state index in [1.807, 2.05) is 53.6 Å². The number of nitrogens with one attached hydrogen (secondary N) is 1. The molecule has 2 aromatic heterocycles. The van der Waals surface area contributed by atoms with Crippen molar-refractivity contribution in [3.8, 4) is 0 Å². The highest BCUT2D eigenvalue weighted by atomic mass is 16.2. The summed E-state index contributed by atoms with van der Waals surface area (Å²) >= 11 is 0. The number of carbonyl (C=O) groups is 1. The number of rotatable bonds is 6. The predicted octanol–water partition coefficient (Wildman–Crippen LogP) is 4.65. The van der Waals surface area contributed by atoms with Gasteiger partial charge in [-0.05, 0) is 62.6 Å². The highest BCUT2D eigenvalue weighted by Gasteiger charge is 2.24. The lowest BCUT2D eigenvalue weighted by atomic mass is 10.0. The number of amides is 1. The number of nitrogens with zero attached hydrogens (tertiary/aromatic N) is 3. The van der Waals surface area contributed by atoms with Crippen LogP contribution < -0.4 is 10.5 Å². The van der Waals surface area contributed by atoms with Gasteiger partial charge in [0, 0.05) is 28.8 Å². The van der Waals surface area contributed by atoms with Gasteiger partial charge in [-0.15, -0.1) is 0 Å². The van der Waals surface area contributed by atoms with E-state index in [0.29, 0.717) is 22.6 Å². The molecule has 6 heteroatoms. The Bertz CT molecular complexity index is 1300. The summed E-state index contributed by atoms with van der Waals surface area (Å²) in [6, 6.07) is 15.2. The zero-order chi connectivity index (χ0) is 22.1. The van der Waals surface area contributed by atoms with Crippen molar-refractivity contribution < 1.29 is 4.79 Å². The van der Waals surface area contributed by atoms with Crippen molar-refractivity contribution >= 4 is 33.4 Å². The van der Waals surface area contributed by atoms with Crippen LogP contribution in [0.5, 0.6) is 0 Å². The first-order valence-electron chi connectivity index (χ1n) is 10.7. The summed E-state index contributed by atoms with van der Waals surface area (Å²) in [6.07, 6.45) is 2.75. The first kappa shape index (κ1) is 20.8. The van der Waals surface area contributed by atoms with Gasteiger partial charge in [0.05, 0.1) is 10.9 Å². The van der Waals surface area contributed by atoms with E-state index in [0.717, 1.165) is 23.0 Å². The van der Waals surface area contributed by atoms with Crippen molar-refractivity contribution in [2.75, 3.05) is 4.90 Å². The zero-order valence-electron chi connectivity index (χ0n) is 18.4. The molecule has 4 aromatic rings. The molecule has 1 unspecified atom stereocenters. The Morgan fingerprint density at radius 3 is 2.68 bits per heavy atom. The molecule has 2 aromatic carbocycles. The van der Waals surface area contributed by atoms with Gasteiger partial charge in [0.25, 0.3) is 5.56 Å². The summed E-state index contributed by atoms with van der Waals surface area (Å²) in [5.74, 6) is 0.855. The van der Waals surface area contributed by atoms with Crippen LogP contribution in [0, 0.1) is 12.8 Å². The van der Waals surface area contributed by atoms with Gasteiger partial charge in [-0.3, -0.25) is 14.2 Å². The lowest BCUT2D eigenvalue weighted by Gasteiger charge is -2.31. The Morgan fingerprint density at radius 2 is 1.90 bits per heavy atom. The molecule has 160 valence electrons. The second kappa shape index (κ2) is 8.38. The minimum absolute atomic E-state index is 0.00619. The molecule has 6 nitrogen and oxygen atoms in total. The first-order chi connectivity index (χ1) is 14.8. The van der Waals surface area contributed by atoms with E-state index < -0.39 is 0 Å². The smallest absolute Gasteiger partial charge is 0.261 e. The third kappa shape index (κ3) is 4.10. The van der Waals surface area contributed by atoms with Crippen LogP contribution in [-0.4, -0.2) is 26.5 Å². The largest absolute Gasteiger partial charge is 0.361 e. The van der Waals surface area contributed by atoms with Crippen LogP contribution in [-0.2, 0) is 11.3 Å². The molecule has 0 aliphatic heterocycles. The fraction of sp³-hybridized carbons (Fsp3) is 0.320. The van der Waals surface area contributed by atoms with Crippen molar-refractivity contribution in [1.29, 1.82) is 0 Å². The Morgan fingerprint density at radius 1 is 1.13 bits per heavy atom. The number of hydrogen-bond acceptors (Lipinski definition) is 3. The molecule has 0 radical (unpaired) electrons. The van der Waals surface area contributed by atoms with Crippen molar-refractivity contribution in [2.24, 2.45) is 5.92 Å². The topological polar surface area (TPSA) is 71.0 Å². The van der Waals surface area contributed by atoms with E-state index >= 15 is 0 Å². The molecule has 1 amide bonds. The van der Waals surface area contributed by atoms with Gasteiger partial charge in [-0.2, -0.15) is 0 Å². The van der Waals surface area contributed by atoms with E-state index in [9.17, 15) is 9.59 Å². The average Bonchev–Trinajstić information content (AvgIpc) is 3.18. The number of fused-ring (bicyclic) bond motifs is 2. The van der Waals surface area contributed by atoms with Crippen molar-refractivity contribution in [3.63, 3.8) is 0 Å². The summed E-state index contributed by atoms with van der Waals surface area (Å²) in [7, 11) is 0. The number of H-pyrrole nitrogens is 1. The Balaban J connectivity index is 1.74. The first-order valence-corrected chi connectivity index (χ1v) is 10.7. The molecule has 0 saturated carbocycles. The second-order valence-electron chi connectivity index (χ2n) is 8.56. The minimum Gasteiger partial charge on any atom is -0.361 e. The predicted molar refractivity (Wildman–Crippen MR) is 125 cm³/mol. The van der Waals surface area contributed by atoms with Crippen LogP contribution in [0.4, 0.5) is 5.69 Å². The highest BCUT2D eigenvalue weighted by Crippen LogP contribution is 2.26. The number of anilines is 1.